The van der Waals surface area contributed by atoms with Crippen molar-refractivity contribution in [3.8, 4) is 11.1 Å². The van der Waals surface area contributed by atoms with Crippen LogP contribution < -0.4 is 10.2 Å². The third-order valence-corrected chi connectivity index (χ3v) is 4.12. The second-order valence-corrected chi connectivity index (χ2v) is 5.38. The summed E-state index contributed by atoms with van der Waals surface area (Å²) in [5.41, 5.74) is 5.87. The number of nitrogens with zero attached hydrogens (tertiary/aromatic N) is 2. The van der Waals surface area contributed by atoms with Crippen molar-refractivity contribution in [1.82, 2.24) is 4.98 Å². The van der Waals surface area contributed by atoms with E-state index in [1.54, 1.807) is 11.9 Å². The van der Waals surface area contributed by atoms with Crippen molar-refractivity contribution in [2.24, 2.45) is 0 Å². The number of rotatable bonds is 1. The SMILES string of the molecule is CN1C(=O)Cc2cc(-c3ccc4c(c3)CCN4)cnc21. The van der Waals surface area contributed by atoms with Gasteiger partial charge in [0.15, 0.2) is 0 Å². The Balaban J connectivity index is 1.77. The van der Waals surface area contributed by atoms with Crippen LogP contribution in [0.1, 0.15) is 11.1 Å². The van der Waals surface area contributed by atoms with E-state index in [1.165, 1.54) is 16.8 Å². The van der Waals surface area contributed by atoms with Crippen LogP contribution in [0.4, 0.5) is 11.5 Å². The molecule has 0 saturated carbocycles. The van der Waals surface area contributed by atoms with Gasteiger partial charge in [-0.3, -0.25) is 9.69 Å². The van der Waals surface area contributed by atoms with Gasteiger partial charge in [-0.1, -0.05) is 6.07 Å². The number of nitrogens with one attached hydrogen (secondary N) is 1. The van der Waals surface area contributed by atoms with Crippen molar-refractivity contribution in [3.63, 3.8) is 0 Å². The molecular weight excluding hydrogens is 250 g/mol. The Bertz CT molecular complexity index is 724. The highest BCUT2D eigenvalue weighted by Crippen LogP contribution is 2.32. The average Bonchev–Trinajstić information content (AvgIpc) is 3.03. The van der Waals surface area contributed by atoms with Gasteiger partial charge in [-0.15, -0.1) is 0 Å². The quantitative estimate of drug-likeness (QED) is 0.860. The summed E-state index contributed by atoms with van der Waals surface area (Å²) in [5.74, 6) is 0.907. The van der Waals surface area contributed by atoms with E-state index in [4.69, 9.17) is 0 Å². The highest BCUT2D eigenvalue weighted by Gasteiger charge is 2.25. The summed E-state index contributed by atoms with van der Waals surface area (Å²) >= 11 is 0. The first-order valence-electron chi connectivity index (χ1n) is 6.85. The van der Waals surface area contributed by atoms with E-state index in [9.17, 15) is 4.79 Å². The maximum Gasteiger partial charge on any atom is 0.232 e. The second kappa shape index (κ2) is 4.07. The molecule has 4 heteroatoms. The molecule has 3 heterocycles. The van der Waals surface area contributed by atoms with E-state index in [1.807, 2.05) is 6.20 Å². The molecular formula is C16H15N3O. The van der Waals surface area contributed by atoms with Gasteiger partial charge in [0.2, 0.25) is 5.91 Å². The van der Waals surface area contributed by atoms with Crippen LogP contribution in [0.25, 0.3) is 11.1 Å². The van der Waals surface area contributed by atoms with Crippen LogP contribution >= 0.6 is 0 Å². The lowest BCUT2D eigenvalue weighted by atomic mass is 10.0. The Hall–Kier alpha value is -2.36. The molecule has 1 amide bonds. The molecule has 20 heavy (non-hydrogen) atoms. The van der Waals surface area contributed by atoms with E-state index in [0.717, 1.165) is 29.9 Å². The number of carbonyl (C=O) groups excluding carboxylic acids is 1. The van der Waals surface area contributed by atoms with Crippen molar-refractivity contribution < 1.29 is 4.79 Å². The zero-order valence-corrected chi connectivity index (χ0v) is 11.3. The van der Waals surface area contributed by atoms with E-state index in [-0.39, 0.29) is 5.91 Å². The normalized spacial score (nSPS) is 16.1. The smallest absolute Gasteiger partial charge is 0.232 e. The third kappa shape index (κ3) is 1.61. The summed E-state index contributed by atoms with van der Waals surface area (Å²) in [6.45, 7) is 1.01. The Labute approximate surface area is 117 Å². The minimum atomic E-state index is 0.114. The molecule has 0 radical (unpaired) electrons. The van der Waals surface area contributed by atoms with Crippen LogP contribution in [-0.4, -0.2) is 24.5 Å². The van der Waals surface area contributed by atoms with Crippen LogP contribution in [0.2, 0.25) is 0 Å². The molecule has 1 N–H and O–H groups in total. The molecule has 100 valence electrons. The van der Waals surface area contributed by atoms with E-state index >= 15 is 0 Å². The third-order valence-electron chi connectivity index (χ3n) is 4.12. The number of hydrogen-bond donors (Lipinski definition) is 1. The Kier molecular flexibility index (Phi) is 2.33. The highest BCUT2D eigenvalue weighted by atomic mass is 16.2. The van der Waals surface area contributed by atoms with Crippen molar-refractivity contribution >= 4 is 17.4 Å². The average molecular weight is 265 g/mol. The maximum atomic E-state index is 11.7. The Morgan fingerprint density at radius 2 is 2.05 bits per heavy atom. The Morgan fingerprint density at radius 3 is 2.95 bits per heavy atom. The summed E-state index contributed by atoms with van der Waals surface area (Å²) in [4.78, 5) is 17.8. The predicted octanol–water partition coefficient (Wildman–Crippen LogP) is 2.24. The number of anilines is 2. The van der Waals surface area contributed by atoms with Crippen LogP contribution in [0, 0.1) is 0 Å². The fourth-order valence-electron chi connectivity index (χ4n) is 2.98. The zero-order chi connectivity index (χ0) is 13.7. The molecule has 1 aromatic heterocycles. The number of aromatic nitrogens is 1. The molecule has 0 spiro atoms. The standard InChI is InChI=1S/C16H15N3O/c1-19-15(20)8-12-7-13(9-18-16(12)19)10-2-3-14-11(6-10)4-5-17-14/h2-3,6-7,9,17H,4-5,8H2,1H3. The molecule has 2 aromatic rings. The molecule has 0 fully saturated rings. The fourth-order valence-corrected chi connectivity index (χ4v) is 2.98. The first-order valence-corrected chi connectivity index (χ1v) is 6.85. The maximum absolute atomic E-state index is 11.7. The molecule has 0 saturated heterocycles. The van der Waals surface area contributed by atoms with Gasteiger partial charge in [-0.25, -0.2) is 4.98 Å². The summed E-state index contributed by atoms with van der Waals surface area (Å²) in [7, 11) is 1.78. The number of carbonyl (C=O) groups is 1. The van der Waals surface area contributed by atoms with Gasteiger partial charge in [0.1, 0.15) is 5.82 Å². The summed E-state index contributed by atoms with van der Waals surface area (Å²) in [6.07, 6.45) is 3.39. The van der Waals surface area contributed by atoms with E-state index in [0.29, 0.717) is 6.42 Å². The van der Waals surface area contributed by atoms with Crippen LogP contribution in [-0.2, 0) is 17.6 Å². The lowest BCUT2D eigenvalue weighted by Gasteiger charge is -2.10. The number of hydrogen-bond acceptors (Lipinski definition) is 3. The van der Waals surface area contributed by atoms with Crippen molar-refractivity contribution in [3.05, 3.63) is 41.6 Å². The number of likely N-dealkylation sites (N-methyl/N-ethyl adjacent to an activating group) is 1. The van der Waals surface area contributed by atoms with Crippen molar-refractivity contribution in [1.29, 1.82) is 0 Å². The van der Waals surface area contributed by atoms with Crippen LogP contribution in [0.5, 0.6) is 0 Å². The monoisotopic (exact) mass is 265 g/mol. The molecule has 0 atom stereocenters. The van der Waals surface area contributed by atoms with Gasteiger partial charge < -0.3 is 5.32 Å². The molecule has 4 nitrogen and oxygen atoms in total. The van der Waals surface area contributed by atoms with Gasteiger partial charge in [0.05, 0.1) is 6.42 Å². The van der Waals surface area contributed by atoms with E-state index in [2.05, 4.69) is 34.6 Å². The van der Waals surface area contributed by atoms with Gasteiger partial charge in [-0.2, -0.15) is 0 Å². The molecule has 0 bridgehead atoms. The van der Waals surface area contributed by atoms with Gasteiger partial charge in [-0.05, 0) is 35.7 Å². The molecule has 4 rings (SSSR count). The van der Waals surface area contributed by atoms with Crippen LogP contribution in [0.15, 0.2) is 30.5 Å². The number of pyridine rings is 1. The second-order valence-electron chi connectivity index (χ2n) is 5.38. The van der Waals surface area contributed by atoms with Crippen molar-refractivity contribution in [2.75, 3.05) is 23.8 Å². The minimum absolute atomic E-state index is 0.114. The molecule has 0 unspecified atom stereocenters. The molecule has 0 aliphatic carbocycles. The van der Waals surface area contributed by atoms with E-state index < -0.39 is 0 Å². The Morgan fingerprint density at radius 1 is 1.20 bits per heavy atom. The summed E-state index contributed by atoms with van der Waals surface area (Å²) in [6, 6.07) is 8.55. The predicted molar refractivity (Wildman–Crippen MR) is 79.0 cm³/mol. The number of amides is 1. The largest absolute Gasteiger partial charge is 0.384 e. The van der Waals surface area contributed by atoms with Crippen molar-refractivity contribution in [2.45, 2.75) is 12.8 Å². The topological polar surface area (TPSA) is 45.2 Å². The highest BCUT2D eigenvalue weighted by molar-refractivity contribution is 6.00. The molecule has 2 aliphatic rings. The molecule has 1 aromatic carbocycles. The zero-order valence-electron chi connectivity index (χ0n) is 11.3. The first-order chi connectivity index (χ1) is 9.72. The summed E-state index contributed by atoms with van der Waals surface area (Å²) in [5, 5.41) is 3.37. The molecule has 2 aliphatic heterocycles. The van der Waals surface area contributed by atoms with Gasteiger partial charge in [0.25, 0.3) is 0 Å². The first kappa shape index (κ1) is 11.5. The summed E-state index contributed by atoms with van der Waals surface area (Å²) < 4.78 is 0. The minimum Gasteiger partial charge on any atom is -0.384 e. The number of benzene rings is 1. The lowest BCUT2D eigenvalue weighted by Crippen LogP contribution is -2.21. The van der Waals surface area contributed by atoms with Gasteiger partial charge in [0, 0.05) is 36.6 Å². The fraction of sp³-hybridized carbons (Fsp3) is 0.250. The number of fused-ring (bicyclic) bond motifs is 2. The van der Waals surface area contributed by atoms with Crippen LogP contribution in [0.3, 0.4) is 0 Å². The lowest BCUT2D eigenvalue weighted by molar-refractivity contribution is -0.117. The van der Waals surface area contributed by atoms with Gasteiger partial charge >= 0.3 is 0 Å².